The van der Waals surface area contributed by atoms with Crippen LogP contribution in [0.1, 0.15) is 30.9 Å². The zero-order valence-electron chi connectivity index (χ0n) is 12.6. The Bertz CT molecular complexity index is 704. The van der Waals surface area contributed by atoms with Crippen molar-refractivity contribution in [2.24, 2.45) is 0 Å². The average molecular weight is 303 g/mol. The van der Waals surface area contributed by atoms with Crippen LogP contribution >= 0.6 is 0 Å². The largest absolute Gasteiger partial charge is 0.381 e. The van der Waals surface area contributed by atoms with Crippen molar-refractivity contribution in [2.75, 3.05) is 11.6 Å². The quantitative estimate of drug-likeness (QED) is 0.913. The molecule has 2 aromatic rings. The van der Waals surface area contributed by atoms with Gasteiger partial charge in [0.25, 0.3) is 0 Å². The van der Waals surface area contributed by atoms with Crippen molar-refractivity contribution >= 4 is 15.5 Å². The third kappa shape index (κ3) is 4.33. The van der Waals surface area contributed by atoms with E-state index in [0.717, 1.165) is 5.69 Å². The Kier molecular flexibility index (Phi) is 4.68. The number of nitrogens with one attached hydrogen (secondary N) is 1. The summed E-state index contributed by atoms with van der Waals surface area (Å²) in [7, 11) is -3.16. The third-order valence-corrected chi connectivity index (χ3v) is 4.52. The number of anilines is 1. The monoisotopic (exact) mass is 303 g/mol. The number of hydrogen-bond donors (Lipinski definition) is 1. The molecule has 21 heavy (non-hydrogen) atoms. The van der Waals surface area contributed by atoms with Gasteiger partial charge in [0.2, 0.25) is 0 Å². The molecule has 1 N–H and O–H groups in total. The lowest BCUT2D eigenvalue weighted by Gasteiger charge is -2.10. The summed E-state index contributed by atoms with van der Waals surface area (Å²) >= 11 is 0. The Balaban J connectivity index is 2.06. The van der Waals surface area contributed by atoms with E-state index in [1.165, 1.54) is 17.4 Å². The summed E-state index contributed by atoms with van der Waals surface area (Å²) in [4.78, 5) is 0.336. The van der Waals surface area contributed by atoms with Crippen molar-refractivity contribution in [3.8, 4) is 0 Å². The van der Waals surface area contributed by atoms with Gasteiger partial charge in [0.15, 0.2) is 9.84 Å². The van der Waals surface area contributed by atoms with Gasteiger partial charge in [-0.25, -0.2) is 8.42 Å². The third-order valence-electron chi connectivity index (χ3n) is 3.41. The van der Waals surface area contributed by atoms with Gasteiger partial charge in [-0.3, -0.25) is 0 Å². The molecule has 0 aliphatic carbocycles. The lowest BCUT2D eigenvalue weighted by Crippen LogP contribution is -2.02. The highest BCUT2D eigenvalue weighted by atomic mass is 32.2. The smallest absolute Gasteiger partial charge is 0.175 e. The Morgan fingerprint density at radius 3 is 2.29 bits per heavy atom. The molecular weight excluding hydrogens is 282 g/mol. The first-order valence-corrected chi connectivity index (χ1v) is 8.88. The summed E-state index contributed by atoms with van der Waals surface area (Å²) in [5.41, 5.74) is 3.30. The minimum Gasteiger partial charge on any atom is -0.381 e. The van der Waals surface area contributed by atoms with E-state index in [1.54, 1.807) is 18.2 Å². The van der Waals surface area contributed by atoms with Gasteiger partial charge in [0.1, 0.15) is 0 Å². The van der Waals surface area contributed by atoms with Crippen molar-refractivity contribution < 1.29 is 8.42 Å². The SMILES string of the molecule is CC(C)c1ccc(CNc2cccc(S(C)(=O)=O)c2)cc1. The van der Waals surface area contributed by atoms with E-state index in [2.05, 4.69) is 43.4 Å². The lowest BCUT2D eigenvalue weighted by atomic mass is 10.0. The minimum atomic E-state index is -3.16. The number of sulfone groups is 1. The van der Waals surface area contributed by atoms with Crippen LogP contribution in [0.25, 0.3) is 0 Å². The molecule has 2 aromatic carbocycles. The average Bonchev–Trinajstić information content (AvgIpc) is 2.45. The summed E-state index contributed by atoms with van der Waals surface area (Å²) in [5.74, 6) is 0.526. The fourth-order valence-corrected chi connectivity index (χ4v) is 2.73. The van der Waals surface area contributed by atoms with Gasteiger partial charge in [-0.1, -0.05) is 44.2 Å². The molecule has 0 fully saturated rings. The van der Waals surface area contributed by atoms with Crippen LogP contribution in [0.4, 0.5) is 5.69 Å². The van der Waals surface area contributed by atoms with E-state index in [9.17, 15) is 8.42 Å². The standard InChI is InChI=1S/C17H21NO2S/c1-13(2)15-9-7-14(8-10-15)12-18-16-5-4-6-17(11-16)21(3,19)20/h4-11,13,18H,12H2,1-3H3. The normalized spacial score (nSPS) is 11.6. The van der Waals surface area contributed by atoms with Gasteiger partial charge < -0.3 is 5.32 Å². The van der Waals surface area contributed by atoms with Crippen molar-refractivity contribution in [3.63, 3.8) is 0 Å². The Morgan fingerprint density at radius 2 is 1.71 bits per heavy atom. The predicted molar refractivity (Wildman–Crippen MR) is 87.4 cm³/mol. The van der Waals surface area contributed by atoms with Crippen LogP contribution in [-0.4, -0.2) is 14.7 Å². The molecule has 3 nitrogen and oxygen atoms in total. The first-order valence-electron chi connectivity index (χ1n) is 6.99. The highest BCUT2D eigenvalue weighted by molar-refractivity contribution is 7.90. The van der Waals surface area contributed by atoms with E-state index >= 15 is 0 Å². The van der Waals surface area contributed by atoms with E-state index in [-0.39, 0.29) is 0 Å². The fourth-order valence-electron chi connectivity index (χ4n) is 2.06. The minimum absolute atomic E-state index is 0.336. The van der Waals surface area contributed by atoms with E-state index in [1.807, 2.05) is 6.07 Å². The van der Waals surface area contributed by atoms with Crippen LogP contribution in [0.5, 0.6) is 0 Å². The Hall–Kier alpha value is -1.81. The molecule has 0 heterocycles. The number of benzene rings is 2. The van der Waals surface area contributed by atoms with Crippen LogP contribution in [0.3, 0.4) is 0 Å². The van der Waals surface area contributed by atoms with Crippen molar-refractivity contribution in [2.45, 2.75) is 31.2 Å². The lowest BCUT2D eigenvalue weighted by molar-refractivity contribution is 0.602. The predicted octanol–water partition coefficient (Wildman–Crippen LogP) is 3.83. The summed E-state index contributed by atoms with van der Waals surface area (Å²) in [6, 6.07) is 15.4. The van der Waals surface area contributed by atoms with Crippen LogP contribution in [-0.2, 0) is 16.4 Å². The van der Waals surface area contributed by atoms with Gasteiger partial charge in [0, 0.05) is 18.5 Å². The maximum absolute atomic E-state index is 11.5. The van der Waals surface area contributed by atoms with Crippen molar-refractivity contribution in [1.82, 2.24) is 0 Å². The second-order valence-corrected chi connectivity index (χ2v) is 7.57. The zero-order chi connectivity index (χ0) is 15.5. The molecule has 0 bridgehead atoms. The number of hydrogen-bond acceptors (Lipinski definition) is 3. The van der Waals surface area contributed by atoms with Gasteiger partial charge in [-0.15, -0.1) is 0 Å². The van der Waals surface area contributed by atoms with E-state index < -0.39 is 9.84 Å². The summed E-state index contributed by atoms with van der Waals surface area (Å²) in [5, 5.41) is 3.26. The fraction of sp³-hybridized carbons (Fsp3) is 0.294. The second-order valence-electron chi connectivity index (χ2n) is 5.55. The summed E-state index contributed by atoms with van der Waals surface area (Å²) < 4.78 is 23.1. The Labute approximate surface area is 126 Å². The molecular formula is C17H21NO2S. The van der Waals surface area contributed by atoms with Crippen LogP contribution in [0.15, 0.2) is 53.4 Å². The maximum Gasteiger partial charge on any atom is 0.175 e. The maximum atomic E-state index is 11.5. The molecule has 4 heteroatoms. The van der Waals surface area contributed by atoms with Gasteiger partial charge in [-0.2, -0.15) is 0 Å². The molecule has 112 valence electrons. The zero-order valence-corrected chi connectivity index (χ0v) is 13.4. The van der Waals surface area contributed by atoms with Gasteiger partial charge in [-0.05, 0) is 35.2 Å². The molecule has 0 radical (unpaired) electrons. The second kappa shape index (κ2) is 6.31. The topological polar surface area (TPSA) is 46.2 Å². The molecule has 0 spiro atoms. The van der Waals surface area contributed by atoms with Crippen LogP contribution < -0.4 is 5.32 Å². The van der Waals surface area contributed by atoms with Gasteiger partial charge >= 0.3 is 0 Å². The molecule has 0 aliphatic rings. The number of rotatable bonds is 5. The molecule has 0 unspecified atom stereocenters. The molecule has 0 aromatic heterocycles. The molecule has 0 aliphatic heterocycles. The first kappa shape index (κ1) is 15.6. The molecule has 0 amide bonds. The summed E-state index contributed by atoms with van der Waals surface area (Å²) in [6.45, 7) is 5.01. The molecule has 0 atom stereocenters. The first-order chi connectivity index (χ1) is 9.86. The molecule has 0 saturated heterocycles. The van der Waals surface area contributed by atoms with Crippen molar-refractivity contribution in [3.05, 3.63) is 59.7 Å². The highest BCUT2D eigenvalue weighted by Gasteiger charge is 2.07. The Morgan fingerprint density at radius 1 is 1.05 bits per heavy atom. The van der Waals surface area contributed by atoms with Crippen LogP contribution in [0.2, 0.25) is 0 Å². The van der Waals surface area contributed by atoms with E-state index in [4.69, 9.17) is 0 Å². The van der Waals surface area contributed by atoms with E-state index in [0.29, 0.717) is 17.4 Å². The molecule has 0 saturated carbocycles. The highest BCUT2D eigenvalue weighted by Crippen LogP contribution is 2.18. The van der Waals surface area contributed by atoms with Gasteiger partial charge in [0.05, 0.1) is 4.90 Å². The molecule has 2 rings (SSSR count). The van der Waals surface area contributed by atoms with Crippen molar-refractivity contribution in [1.29, 1.82) is 0 Å². The summed E-state index contributed by atoms with van der Waals surface area (Å²) in [6.07, 6.45) is 1.22. The van der Waals surface area contributed by atoms with Crippen LogP contribution in [0, 0.1) is 0 Å².